The number of alkyl halides is 6. The molecule has 0 aliphatic rings. The van der Waals surface area contributed by atoms with Crippen molar-refractivity contribution in [3.63, 3.8) is 0 Å². The molecule has 4 amide bonds. The molecule has 1 aromatic heterocycles. The summed E-state index contributed by atoms with van der Waals surface area (Å²) in [6, 6.07) is 12.7. The maximum Gasteiger partial charge on any atom is 0.471 e. The van der Waals surface area contributed by atoms with E-state index in [0.717, 1.165) is 0 Å². The summed E-state index contributed by atoms with van der Waals surface area (Å²) < 4.78 is 79.4. The van der Waals surface area contributed by atoms with Gasteiger partial charge in [-0.25, -0.2) is 10.9 Å². The number of hydrogen-bond acceptors (Lipinski definition) is 7. The number of carbonyl (C=O) groups excluding carboxylic acids is 4. The third-order valence-electron chi connectivity index (χ3n) is 5.34. The normalized spacial score (nSPS) is 12.4. The van der Waals surface area contributed by atoms with Gasteiger partial charge >= 0.3 is 36.0 Å². The Labute approximate surface area is 238 Å². The molecule has 4 N–H and O–H groups in total. The summed E-state index contributed by atoms with van der Waals surface area (Å²) in [5, 5.41) is 11.1. The van der Waals surface area contributed by atoms with Gasteiger partial charge in [-0.2, -0.15) is 36.5 Å². The first-order valence-electron chi connectivity index (χ1n) is 11.8. The highest BCUT2D eigenvalue weighted by Crippen LogP contribution is 2.20. The summed E-state index contributed by atoms with van der Waals surface area (Å²) >= 11 is 0. The molecule has 0 bridgehead atoms. The van der Waals surface area contributed by atoms with E-state index in [0.29, 0.717) is 11.1 Å². The molecule has 0 saturated carbocycles. The van der Waals surface area contributed by atoms with Gasteiger partial charge in [-0.1, -0.05) is 24.3 Å². The highest BCUT2D eigenvalue weighted by molar-refractivity contribution is 6.03. The lowest BCUT2D eigenvalue weighted by Crippen LogP contribution is -2.29. The third kappa shape index (κ3) is 9.00. The van der Waals surface area contributed by atoms with Gasteiger partial charge in [0, 0.05) is 11.4 Å². The molecule has 0 spiro atoms. The number of halogens is 6. The molecule has 0 atom stereocenters. The van der Waals surface area contributed by atoms with Crippen LogP contribution in [0.15, 0.2) is 75.3 Å². The number of anilines is 2. The van der Waals surface area contributed by atoms with Crippen LogP contribution in [0.4, 0.5) is 37.7 Å². The van der Waals surface area contributed by atoms with Crippen LogP contribution in [0.25, 0.3) is 0 Å². The third-order valence-corrected chi connectivity index (χ3v) is 5.34. The second-order valence-corrected chi connectivity index (χ2v) is 8.50. The van der Waals surface area contributed by atoms with Gasteiger partial charge in [-0.05, 0) is 61.4 Å². The molecule has 226 valence electrons. The van der Waals surface area contributed by atoms with Crippen LogP contribution in [0.1, 0.15) is 46.1 Å². The fourth-order valence-corrected chi connectivity index (χ4v) is 3.08. The Morgan fingerprint density at radius 3 is 1.21 bits per heavy atom. The highest BCUT2D eigenvalue weighted by Gasteiger charge is 2.39. The first kappa shape index (κ1) is 32.0. The van der Waals surface area contributed by atoms with E-state index in [-0.39, 0.29) is 34.3 Å². The van der Waals surface area contributed by atoms with E-state index in [1.165, 1.54) is 74.5 Å². The van der Waals surface area contributed by atoms with Crippen LogP contribution in [0.3, 0.4) is 0 Å². The molecular formula is C26H20F6N6O5. The lowest BCUT2D eigenvalue weighted by atomic mass is 10.1. The minimum absolute atomic E-state index is 0.100. The minimum atomic E-state index is -5.04. The molecule has 11 nitrogen and oxygen atoms in total. The Kier molecular flexibility index (Phi) is 9.69. The van der Waals surface area contributed by atoms with Crippen LogP contribution in [-0.4, -0.2) is 47.4 Å². The summed E-state index contributed by atoms with van der Waals surface area (Å²) in [6.07, 6.45) is -10.1. The molecule has 3 aromatic rings. The molecule has 0 fully saturated rings. The van der Waals surface area contributed by atoms with E-state index >= 15 is 0 Å². The van der Waals surface area contributed by atoms with Crippen LogP contribution in [0, 0.1) is 0 Å². The van der Waals surface area contributed by atoms with Gasteiger partial charge in [-0.3, -0.25) is 19.2 Å². The zero-order chi connectivity index (χ0) is 31.9. The van der Waals surface area contributed by atoms with Gasteiger partial charge in [-0.15, -0.1) is 0 Å². The molecule has 2 aromatic carbocycles. The largest absolute Gasteiger partial charge is 0.471 e. The molecule has 43 heavy (non-hydrogen) atoms. The molecule has 0 aliphatic carbocycles. The van der Waals surface area contributed by atoms with Crippen molar-refractivity contribution >= 4 is 46.4 Å². The summed E-state index contributed by atoms with van der Waals surface area (Å²) in [7, 11) is 0. The van der Waals surface area contributed by atoms with E-state index in [1.807, 2.05) is 0 Å². The first-order valence-corrected chi connectivity index (χ1v) is 11.8. The van der Waals surface area contributed by atoms with E-state index in [1.54, 1.807) is 10.6 Å². The minimum Gasteiger partial charge on any atom is -0.446 e. The quantitative estimate of drug-likeness (QED) is 0.167. The van der Waals surface area contributed by atoms with Crippen molar-refractivity contribution in [2.75, 3.05) is 10.6 Å². The van der Waals surface area contributed by atoms with Gasteiger partial charge in [0.05, 0.1) is 11.4 Å². The van der Waals surface area contributed by atoms with Crippen molar-refractivity contribution in [2.24, 2.45) is 10.2 Å². The lowest BCUT2D eigenvalue weighted by molar-refractivity contribution is -0.167. The molecule has 0 aliphatic heterocycles. The standard InChI is InChI=1S/C26H20F6N6O5/c1-13(15-3-7-17(8-4-15)33-23(41)25(27,28)29)35-37-21(39)19-11-12-20(43-19)22(40)38-36-14(2)16-5-9-18(10-6-16)34-24(42)26(30,31)32/h3-12H,1-2H3,(H,33,41)(H,34,42)(H,37,39)(H,38,40)/b35-13-,36-14-. The maximum absolute atomic E-state index is 12.4. The molecule has 0 saturated heterocycles. The smallest absolute Gasteiger partial charge is 0.446 e. The topological polar surface area (TPSA) is 154 Å². The second-order valence-electron chi connectivity index (χ2n) is 8.50. The number of nitrogens with zero attached hydrogens (tertiary/aromatic N) is 2. The average Bonchev–Trinajstić information content (AvgIpc) is 3.45. The second kappa shape index (κ2) is 13.0. The number of carbonyl (C=O) groups is 4. The average molecular weight is 610 g/mol. The van der Waals surface area contributed by atoms with E-state index in [2.05, 4.69) is 21.1 Å². The van der Waals surface area contributed by atoms with Crippen molar-refractivity contribution in [3.05, 3.63) is 83.3 Å². The number of rotatable bonds is 8. The van der Waals surface area contributed by atoms with Crippen LogP contribution in [-0.2, 0) is 9.59 Å². The summed E-state index contributed by atoms with van der Waals surface area (Å²) in [5.74, 6) is -6.48. The van der Waals surface area contributed by atoms with Gasteiger partial charge in [0.25, 0.3) is 0 Å². The lowest BCUT2D eigenvalue weighted by Gasteiger charge is -2.08. The van der Waals surface area contributed by atoms with E-state index in [4.69, 9.17) is 4.42 Å². The van der Waals surface area contributed by atoms with Gasteiger partial charge in [0.1, 0.15) is 0 Å². The van der Waals surface area contributed by atoms with E-state index in [9.17, 15) is 45.5 Å². The van der Waals surface area contributed by atoms with Gasteiger partial charge < -0.3 is 15.1 Å². The summed E-state index contributed by atoms with van der Waals surface area (Å²) in [4.78, 5) is 46.8. The van der Waals surface area contributed by atoms with E-state index < -0.39 is 36.0 Å². The van der Waals surface area contributed by atoms with Crippen molar-refractivity contribution < 1.29 is 49.9 Å². The molecule has 0 radical (unpaired) electrons. The SMILES string of the molecule is C/C(=N/NC(=O)c1ccc(C(=O)N/N=C(/C)c2ccc(NC(=O)C(F)(F)F)cc2)o1)c1ccc(NC(=O)C(F)(F)F)cc1. The zero-order valence-electron chi connectivity index (χ0n) is 22.0. The maximum atomic E-state index is 12.4. The molecule has 3 rings (SSSR count). The Bertz CT molecular complexity index is 1460. The molecule has 0 unspecified atom stereocenters. The number of amides is 4. The number of furan rings is 1. The Morgan fingerprint density at radius 1 is 0.581 bits per heavy atom. The number of hydrogen-bond donors (Lipinski definition) is 4. The molecule has 1 heterocycles. The number of hydrazone groups is 2. The predicted octanol–water partition coefficient (Wildman–Crippen LogP) is 4.59. The van der Waals surface area contributed by atoms with Crippen LogP contribution in [0.2, 0.25) is 0 Å². The van der Waals surface area contributed by atoms with Gasteiger partial charge in [0.15, 0.2) is 11.5 Å². The Balaban J connectivity index is 1.55. The summed E-state index contributed by atoms with van der Waals surface area (Å²) in [5.41, 5.74) is 5.55. The number of benzene rings is 2. The van der Waals surface area contributed by atoms with Crippen molar-refractivity contribution in [1.82, 2.24) is 10.9 Å². The first-order chi connectivity index (χ1) is 20.0. The van der Waals surface area contributed by atoms with Crippen LogP contribution >= 0.6 is 0 Å². The highest BCUT2D eigenvalue weighted by atomic mass is 19.4. The van der Waals surface area contributed by atoms with Gasteiger partial charge in [0.2, 0.25) is 0 Å². The molecule has 17 heteroatoms. The fourth-order valence-electron chi connectivity index (χ4n) is 3.08. The zero-order valence-corrected chi connectivity index (χ0v) is 22.0. The number of nitrogens with one attached hydrogen (secondary N) is 4. The van der Waals surface area contributed by atoms with Crippen LogP contribution < -0.4 is 21.5 Å². The molecular weight excluding hydrogens is 590 g/mol. The van der Waals surface area contributed by atoms with Crippen molar-refractivity contribution in [2.45, 2.75) is 26.2 Å². The fraction of sp³-hybridized carbons (Fsp3) is 0.154. The Hall–Kier alpha value is -5.48. The monoisotopic (exact) mass is 610 g/mol. The Morgan fingerprint density at radius 2 is 0.907 bits per heavy atom. The van der Waals surface area contributed by atoms with Crippen molar-refractivity contribution in [3.8, 4) is 0 Å². The van der Waals surface area contributed by atoms with Crippen LogP contribution in [0.5, 0.6) is 0 Å². The van der Waals surface area contributed by atoms with Crippen molar-refractivity contribution in [1.29, 1.82) is 0 Å². The predicted molar refractivity (Wildman–Crippen MR) is 140 cm³/mol. The summed E-state index contributed by atoms with van der Waals surface area (Å²) in [6.45, 7) is 2.99.